The molecule has 3 aromatic rings. The number of nitrogens with zero attached hydrogens (tertiary/aromatic N) is 1. The van der Waals surface area contributed by atoms with Gasteiger partial charge in [0.15, 0.2) is 11.5 Å². The Hall–Kier alpha value is -3.15. The molecule has 2 heterocycles. The van der Waals surface area contributed by atoms with Gasteiger partial charge in [-0.2, -0.15) is 0 Å². The number of fused-ring (bicyclic) bond motifs is 2. The van der Waals surface area contributed by atoms with E-state index < -0.39 is 0 Å². The zero-order valence-corrected chi connectivity index (χ0v) is 14.6. The van der Waals surface area contributed by atoms with E-state index in [1.165, 1.54) is 0 Å². The maximum Gasteiger partial charge on any atom is 0.318 e. The molecule has 26 heavy (non-hydrogen) atoms. The molecule has 0 bridgehead atoms. The highest BCUT2D eigenvalue weighted by molar-refractivity contribution is 5.80. The molecule has 0 aliphatic carbocycles. The number of benzene rings is 2. The van der Waals surface area contributed by atoms with Crippen molar-refractivity contribution in [3.8, 4) is 11.5 Å². The first-order valence-electron chi connectivity index (χ1n) is 8.71. The van der Waals surface area contributed by atoms with Crippen molar-refractivity contribution in [2.75, 3.05) is 13.3 Å². The summed E-state index contributed by atoms with van der Waals surface area (Å²) >= 11 is 0. The Balaban J connectivity index is 1.39. The Morgan fingerprint density at radius 2 is 2.00 bits per heavy atom. The van der Waals surface area contributed by atoms with Gasteiger partial charge in [0.1, 0.15) is 0 Å². The number of carbonyl (C=O) groups is 1. The normalized spacial score (nSPS) is 12.3. The van der Waals surface area contributed by atoms with Crippen molar-refractivity contribution < 1.29 is 14.3 Å². The number of hydrogen-bond donors (Lipinski definition) is 2. The lowest BCUT2D eigenvalue weighted by Gasteiger charge is -2.21. The molecule has 1 aliphatic rings. The highest BCUT2D eigenvalue weighted by atomic mass is 16.7. The number of aromatic amines is 1. The van der Waals surface area contributed by atoms with Gasteiger partial charge in [0.25, 0.3) is 0 Å². The fraction of sp³-hybridized carbons (Fsp3) is 0.250. The zero-order chi connectivity index (χ0) is 17.9. The van der Waals surface area contributed by atoms with Crippen LogP contribution in [0.1, 0.15) is 18.2 Å². The van der Waals surface area contributed by atoms with Crippen molar-refractivity contribution in [1.82, 2.24) is 15.2 Å². The molecule has 2 N–H and O–H groups in total. The Labute approximate surface area is 151 Å². The van der Waals surface area contributed by atoms with Crippen LogP contribution in [0.25, 0.3) is 10.9 Å². The molecule has 0 saturated carbocycles. The average Bonchev–Trinajstić information content (AvgIpc) is 3.29. The molecule has 0 saturated heterocycles. The van der Waals surface area contributed by atoms with Crippen LogP contribution in [-0.2, 0) is 13.1 Å². The summed E-state index contributed by atoms with van der Waals surface area (Å²) in [6.45, 7) is 3.82. The summed E-state index contributed by atoms with van der Waals surface area (Å²) in [6.07, 6.45) is 0. The molecular weight excluding hydrogens is 330 g/mol. The molecular formula is C20H21N3O3. The topological polar surface area (TPSA) is 66.6 Å². The van der Waals surface area contributed by atoms with Crippen LogP contribution in [0.4, 0.5) is 4.79 Å². The van der Waals surface area contributed by atoms with Crippen LogP contribution in [0.3, 0.4) is 0 Å². The largest absolute Gasteiger partial charge is 0.454 e. The first kappa shape index (κ1) is 16.3. The van der Waals surface area contributed by atoms with Crippen LogP contribution in [0.5, 0.6) is 11.5 Å². The molecule has 4 rings (SSSR count). The van der Waals surface area contributed by atoms with Crippen molar-refractivity contribution in [2.24, 2.45) is 0 Å². The second-order valence-corrected chi connectivity index (χ2v) is 6.24. The second-order valence-electron chi connectivity index (χ2n) is 6.24. The van der Waals surface area contributed by atoms with Gasteiger partial charge in [0.2, 0.25) is 6.79 Å². The molecule has 0 radical (unpaired) electrons. The van der Waals surface area contributed by atoms with Crippen LogP contribution in [0, 0.1) is 0 Å². The lowest BCUT2D eigenvalue weighted by Crippen LogP contribution is -2.39. The molecule has 0 unspecified atom stereocenters. The summed E-state index contributed by atoms with van der Waals surface area (Å²) in [5, 5.41) is 4.13. The van der Waals surface area contributed by atoms with E-state index >= 15 is 0 Å². The average molecular weight is 351 g/mol. The zero-order valence-electron chi connectivity index (χ0n) is 14.6. The van der Waals surface area contributed by atoms with Gasteiger partial charge in [-0.1, -0.05) is 24.3 Å². The lowest BCUT2D eigenvalue weighted by atomic mass is 10.2. The number of para-hydroxylation sites is 1. The molecule has 6 nitrogen and oxygen atoms in total. The minimum atomic E-state index is -0.0937. The van der Waals surface area contributed by atoms with Crippen LogP contribution >= 0.6 is 0 Å². The van der Waals surface area contributed by atoms with Gasteiger partial charge in [0.05, 0.1) is 6.54 Å². The number of ether oxygens (including phenoxy) is 2. The third-order valence-corrected chi connectivity index (χ3v) is 4.50. The van der Waals surface area contributed by atoms with E-state index in [-0.39, 0.29) is 12.8 Å². The van der Waals surface area contributed by atoms with Crippen molar-refractivity contribution in [2.45, 2.75) is 20.0 Å². The number of rotatable bonds is 5. The Kier molecular flexibility index (Phi) is 4.39. The van der Waals surface area contributed by atoms with Gasteiger partial charge < -0.3 is 24.7 Å². The van der Waals surface area contributed by atoms with Crippen molar-refractivity contribution in [3.63, 3.8) is 0 Å². The van der Waals surface area contributed by atoms with Gasteiger partial charge in [0, 0.05) is 24.3 Å². The van der Waals surface area contributed by atoms with Crippen LogP contribution in [-0.4, -0.2) is 29.3 Å². The van der Waals surface area contributed by atoms with E-state index in [4.69, 9.17) is 9.47 Å². The predicted octanol–water partition coefficient (Wildman–Crippen LogP) is 3.63. The predicted molar refractivity (Wildman–Crippen MR) is 99.2 cm³/mol. The highest BCUT2D eigenvalue weighted by Gasteiger charge is 2.16. The molecule has 1 aromatic heterocycles. The Morgan fingerprint density at radius 3 is 2.85 bits per heavy atom. The number of nitrogens with one attached hydrogen (secondary N) is 2. The van der Waals surface area contributed by atoms with Crippen molar-refractivity contribution >= 4 is 16.9 Å². The number of hydrogen-bond acceptors (Lipinski definition) is 3. The van der Waals surface area contributed by atoms with Crippen LogP contribution in [0.2, 0.25) is 0 Å². The molecule has 134 valence electrons. The number of H-pyrrole nitrogens is 1. The smallest absolute Gasteiger partial charge is 0.318 e. The third-order valence-electron chi connectivity index (χ3n) is 4.50. The van der Waals surface area contributed by atoms with Gasteiger partial charge in [-0.05, 0) is 42.1 Å². The molecule has 6 heteroatoms. The van der Waals surface area contributed by atoms with Gasteiger partial charge in [-0.25, -0.2) is 4.79 Å². The standard InChI is InChI=1S/C20H21N3O3/c1-2-23(12-14-7-8-18-19(9-14)26-13-25-18)20(24)21-11-16-10-15-5-3-4-6-17(15)22-16/h3-10,22H,2,11-13H2,1H3,(H,21,24). The summed E-state index contributed by atoms with van der Waals surface area (Å²) in [5.41, 5.74) is 3.07. The summed E-state index contributed by atoms with van der Waals surface area (Å²) in [7, 11) is 0. The summed E-state index contributed by atoms with van der Waals surface area (Å²) in [5.74, 6) is 1.48. The molecule has 1 aliphatic heterocycles. The second kappa shape index (κ2) is 7.00. The minimum absolute atomic E-state index is 0.0937. The summed E-state index contributed by atoms with van der Waals surface area (Å²) < 4.78 is 10.7. The molecule has 0 fully saturated rings. The fourth-order valence-corrected chi connectivity index (χ4v) is 3.10. The van der Waals surface area contributed by atoms with Gasteiger partial charge in [-0.3, -0.25) is 0 Å². The Bertz CT molecular complexity index is 902. The van der Waals surface area contributed by atoms with Gasteiger partial charge in [-0.15, -0.1) is 0 Å². The van der Waals surface area contributed by atoms with E-state index in [0.29, 0.717) is 19.6 Å². The van der Waals surface area contributed by atoms with E-state index in [0.717, 1.165) is 33.7 Å². The number of amides is 2. The first-order valence-corrected chi connectivity index (χ1v) is 8.71. The first-order chi connectivity index (χ1) is 12.7. The van der Waals surface area contributed by atoms with E-state index in [1.807, 2.05) is 43.3 Å². The minimum Gasteiger partial charge on any atom is -0.454 e. The molecule has 0 atom stereocenters. The molecule has 2 amide bonds. The van der Waals surface area contributed by atoms with E-state index in [2.05, 4.69) is 22.4 Å². The van der Waals surface area contributed by atoms with Crippen LogP contribution < -0.4 is 14.8 Å². The van der Waals surface area contributed by atoms with Crippen molar-refractivity contribution in [1.29, 1.82) is 0 Å². The lowest BCUT2D eigenvalue weighted by molar-refractivity contribution is 0.173. The van der Waals surface area contributed by atoms with Crippen molar-refractivity contribution in [3.05, 3.63) is 59.8 Å². The molecule has 0 spiro atoms. The van der Waals surface area contributed by atoms with E-state index in [1.54, 1.807) is 4.90 Å². The third kappa shape index (κ3) is 3.31. The maximum atomic E-state index is 12.5. The quantitative estimate of drug-likeness (QED) is 0.738. The van der Waals surface area contributed by atoms with Crippen LogP contribution in [0.15, 0.2) is 48.5 Å². The number of aromatic nitrogens is 1. The number of carbonyl (C=O) groups excluding carboxylic acids is 1. The summed E-state index contributed by atoms with van der Waals surface area (Å²) in [6, 6.07) is 15.8. The number of urea groups is 1. The summed E-state index contributed by atoms with van der Waals surface area (Å²) in [4.78, 5) is 17.6. The van der Waals surface area contributed by atoms with E-state index in [9.17, 15) is 4.79 Å². The SMILES string of the molecule is CCN(Cc1ccc2c(c1)OCO2)C(=O)NCc1cc2ccccc2[nH]1. The molecule has 2 aromatic carbocycles. The maximum absolute atomic E-state index is 12.5. The monoisotopic (exact) mass is 351 g/mol. The van der Waals surface area contributed by atoms with Gasteiger partial charge >= 0.3 is 6.03 Å². The highest BCUT2D eigenvalue weighted by Crippen LogP contribution is 2.32. The fourth-order valence-electron chi connectivity index (χ4n) is 3.10. The Morgan fingerprint density at radius 1 is 1.15 bits per heavy atom.